The van der Waals surface area contributed by atoms with Gasteiger partial charge in [-0.15, -0.1) is 0 Å². The van der Waals surface area contributed by atoms with Crippen molar-refractivity contribution in [2.24, 2.45) is 0 Å². The maximum absolute atomic E-state index is 12.8. The number of aliphatic hydroxyl groups is 1. The van der Waals surface area contributed by atoms with Gasteiger partial charge in [-0.25, -0.2) is 4.79 Å². The summed E-state index contributed by atoms with van der Waals surface area (Å²) >= 11 is 0. The summed E-state index contributed by atoms with van der Waals surface area (Å²) in [7, 11) is 0. The molecular weight excluding hydrogens is 356 g/mol. The number of carbonyl (C=O) groups excluding carboxylic acids is 1. The van der Waals surface area contributed by atoms with Crippen LogP contribution in [0, 0.1) is 0 Å². The van der Waals surface area contributed by atoms with Gasteiger partial charge in [0.05, 0.1) is 0 Å². The second kappa shape index (κ2) is 9.19. The number of amides is 1. The van der Waals surface area contributed by atoms with Crippen LogP contribution in [0.5, 0.6) is 0 Å². The molecule has 1 saturated heterocycles. The lowest BCUT2D eigenvalue weighted by molar-refractivity contribution is -0.135. The van der Waals surface area contributed by atoms with Crippen LogP contribution < -0.4 is 5.32 Å². The van der Waals surface area contributed by atoms with Crippen LogP contribution >= 0.6 is 0 Å². The number of hydrogen-bond acceptors (Lipinski definition) is 4. The number of aliphatic hydroxyl groups excluding tert-OH is 1. The van der Waals surface area contributed by atoms with Gasteiger partial charge in [0.25, 0.3) is 5.91 Å². The van der Waals surface area contributed by atoms with Crippen LogP contribution in [-0.2, 0) is 4.79 Å². The second-order valence-corrected chi connectivity index (χ2v) is 6.75. The summed E-state index contributed by atoms with van der Waals surface area (Å²) in [6.07, 6.45) is 2.38. The van der Waals surface area contributed by atoms with Gasteiger partial charge >= 0.3 is 5.97 Å². The number of carbonyl (C=O) groups is 2. The number of hydrogen-bond donors (Lipinski definition) is 3. The molecule has 0 aliphatic carbocycles. The average Bonchev–Trinajstić information content (AvgIpc) is 3.22. The first kappa shape index (κ1) is 19.6. The number of benzene rings is 2. The summed E-state index contributed by atoms with van der Waals surface area (Å²) in [6.45, 7) is 3.41. The summed E-state index contributed by atoms with van der Waals surface area (Å²) in [5, 5.41) is 22.5. The molecule has 2 aromatic rings. The molecule has 6 heteroatoms. The average molecular weight is 380 g/mol. The highest BCUT2D eigenvalue weighted by molar-refractivity contribution is 6.05. The van der Waals surface area contributed by atoms with E-state index in [4.69, 9.17) is 0 Å². The normalized spacial score (nSPS) is 15.1. The van der Waals surface area contributed by atoms with E-state index in [1.165, 1.54) is 12.8 Å². The number of nitrogens with one attached hydrogen (secondary N) is 1. The van der Waals surface area contributed by atoms with E-state index in [9.17, 15) is 19.8 Å². The lowest BCUT2D eigenvalue weighted by atomic mass is 9.92. The van der Waals surface area contributed by atoms with E-state index < -0.39 is 11.7 Å². The third-order valence-electron chi connectivity index (χ3n) is 4.86. The van der Waals surface area contributed by atoms with E-state index in [0.717, 1.165) is 19.6 Å². The van der Waals surface area contributed by atoms with Crippen molar-refractivity contribution in [1.82, 2.24) is 10.2 Å². The van der Waals surface area contributed by atoms with Gasteiger partial charge in [-0.2, -0.15) is 0 Å². The van der Waals surface area contributed by atoms with Crippen LogP contribution in [0.4, 0.5) is 0 Å². The Morgan fingerprint density at radius 1 is 0.893 bits per heavy atom. The van der Waals surface area contributed by atoms with E-state index in [2.05, 4.69) is 10.2 Å². The van der Waals surface area contributed by atoms with E-state index in [0.29, 0.717) is 23.2 Å². The molecule has 28 heavy (non-hydrogen) atoms. The predicted molar refractivity (Wildman–Crippen MR) is 107 cm³/mol. The molecule has 1 aliphatic heterocycles. The maximum Gasteiger partial charge on any atom is 0.371 e. The van der Waals surface area contributed by atoms with E-state index >= 15 is 0 Å². The quantitative estimate of drug-likeness (QED) is 0.508. The summed E-state index contributed by atoms with van der Waals surface area (Å²) in [5.41, 5.74) is 1.36. The highest BCUT2D eigenvalue weighted by atomic mass is 16.4. The first-order chi connectivity index (χ1) is 13.6. The number of likely N-dealkylation sites (tertiary alicyclic amines) is 1. The van der Waals surface area contributed by atoms with Crippen molar-refractivity contribution in [1.29, 1.82) is 0 Å². The molecule has 0 saturated carbocycles. The van der Waals surface area contributed by atoms with Crippen LogP contribution in [-0.4, -0.2) is 53.2 Å². The van der Waals surface area contributed by atoms with Crippen LogP contribution in [0.3, 0.4) is 0 Å². The minimum absolute atomic E-state index is 0.124. The van der Waals surface area contributed by atoms with Crippen molar-refractivity contribution in [3.8, 4) is 0 Å². The lowest BCUT2D eigenvalue weighted by Gasteiger charge is -2.17. The van der Waals surface area contributed by atoms with Crippen LogP contribution in [0.25, 0.3) is 5.57 Å². The Morgan fingerprint density at radius 2 is 1.50 bits per heavy atom. The smallest absolute Gasteiger partial charge is 0.371 e. The highest BCUT2D eigenvalue weighted by Crippen LogP contribution is 2.29. The number of aliphatic carboxylic acids is 1. The fraction of sp³-hybridized carbons (Fsp3) is 0.273. The third kappa shape index (κ3) is 4.58. The molecule has 1 fully saturated rings. The second-order valence-electron chi connectivity index (χ2n) is 6.75. The van der Waals surface area contributed by atoms with Crippen LogP contribution in [0.1, 0.15) is 34.3 Å². The van der Waals surface area contributed by atoms with Gasteiger partial charge in [0, 0.05) is 24.2 Å². The molecule has 1 amide bonds. The molecule has 0 spiro atoms. The lowest BCUT2D eigenvalue weighted by Crippen LogP contribution is -2.33. The summed E-state index contributed by atoms with van der Waals surface area (Å²) in [4.78, 5) is 26.6. The monoisotopic (exact) mass is 380 g/mol. The van der Waals surface area contributed by atoms with Crippen molar-refractivity contribution < 1.29 is 19.8 Å². The van der Waals surface area contributed by atoms with Crippen molar-refractivity contribution in [2.75, 3.05) is 26.2 Å². The molecule has 3 N–H and O–H groups in total. The fourth-order valence-corrected chi connectivity index (χ4v) is 3.46. The van der Waals surface area contributed by atoms with Crippen molar-refractivity contribution in [3.05, 3.63) is 77.0 Å². The number of rotatable bonds is 7. The molecule has 2 aromatic carbocycles. The van der Waals surface area contributed by atoms with Gasteiger partial charge in [-0.3, -0.25) is 4.79 Å². The zero-order chi connectivity index (χ0) is 19.9. The van der Waals surface area contributed by atoms with Crippen molar-refractivity contribution in [3.63, 3.8) is 0 Å². The topological polar surface area (TPSA) is 89.9 Å². The van der Waals surface area contributed by atoms with Gasteiger partial charge in [-0.1, -0.05) is 48.5 Å². The SMILES string of the molecule is O=C(O)/C(O)=C(/c1ccccc1)c1ccccc1C(=O)NCCN1CCCC1. The molecule has 0 bridgehead atoms. The Bertz CT molecular complexity index is 871. The highest BCUT2D eigenvalue weighted by Gasteiger charge is 2.22. The van der Waals surface area contributed by atoms with Gasteiger partial charge in [0.2, 0.25) is 5.76 Å². The number of nitrogens with zero attached hydrogens (tertiary/aromatic N) is 1. The molecule has 146 valence electrons. The largest absolute Gasteiger partial charge is 0.501 e. The van der Waals surface area contributed by atoms with Crippen molar-refractivity contribution >= 4 is 17.4 Å². The standard InChI is InChI=1S/C22H24N2O4/c25-20(22(27)28)19(16-8-2-1-3-9-16)17-10-4-5-11-18(17)21(26)23-12-15-24-13-6-7-14-24/h1-5,8-11,25H,6-7,12-15H2,(H,23,26)(H,27,28)/b20-19+. The molecule has 0 aromatic heterocycles. The van der Waals surface area contributed by atoms with Gasteiger partial charge in [0.1, 0.15) is 0 Å². The first-order valence-electron chi connectivity index (χ1n) is 9.40. The molecule has 1 heterocycles. The Hall–Kier alpha value is -3.12. The summed E-state index contributed by atoms with van der Waals surface area (Å²) < 4.78 is 0. The first-order valence-corrected chi connectivity index (χ1v) is 9.40. The third-order valence-corrected chi connectivity index (χ3v) is 4.86. The number of carboxylic acid groups (broad SMARTS) is 1. The van der Waals surface area contributed by atoms with Gasteiger partial charge in [-0.05, 0) is 43.1 Å². The maximum atomic E-state index is 12.8. The molecule has 6 nitrogen and oxygen atoms in total. The van der Waals surface area contributed by atoms with E-state index in [1.54, 1.807) is 54.6 Å². The zero-order valence-electron chi connectivity index (χ0n) is 15.6. The molecule has 1 aliphatic rings. The molecule has 0 radical (unpaired) electrons. The summed E-state index contributed by atoms with van der Waals surface area (Å²) in [6, 6.07) is 15.4. The molecular formula is C22H24N2O4. The van der Waals surface area contributed by atoms with Gasteiger partial charge < -0.3 is 20.4 Å². The number of carboxylic acids is 1. The van der Waals surface area contributed by atoms with Crippen molar-refractivity contribution in [2.45, 2.75) is 12.8 Å². The minimum atomic E-state index is -1.44. The Kier molecular flexibility index (Phi) is 6.45. The summed E-state index contributed by atoms with van der Waals surface area (Å²) in [5.74, 6) is -2.52. The zero-order valence-corrected chi connectivity index (χ0v) is 15.6. The van der Waals surface area contributed by atoms with Gasteiger partial charge in [0.15, 0.2) is 0 Å². The van der Waals surface area contributed by atoms with Crippen LogP contribution in [0.15, 0.2) is 60.4 Å². The fourth-order valence-electron chi connectivity index (χ4n) is 3.46. The predicted octanol–water partition coefficient (Wildman–Crippen LogP) is 2.91. The molecule has 3 rings (SSSR count). The van der Waals surface area contributed by atoms with E-state index in [1.807, 2.05) is 0 Å². The minimum Gasteiger partial charge on any atom is -0.501 e. The molecule has 0 unspecified atom stereocenters. The van der Waals surface area contributed by atoms with Crippen LogP contribution in [0.2, 0.25) is 0 Å². The Morgan fingerprint density at radius 3 is 2.14 bits per heavy atom. The molecule has 0 atom stereocenters. The van der Waals surface area contributed by atoms with E-state index in [-0.39, 0.29) is 11.5 Å². The Balaban J connectivity index is 1.89. The Labute approximate surface area is 164 Å².